The fourth-order valence-electron chi connectivity index (χ4n) is 2.36. The zero-order valence-electron chi connectivity index (χ0n) is 11.1. The average Bonchev–Trinajstić information content (AvgIpc) is 2.38. The summed E-state index contributed by atoms with van der Waals surface area (Å²) < 4.78 is 38.5. The van der Waals surface area contributed by atoms with Gasteiger partial charge in [-0.1, -0.05) is 17.7 Å². The van der Waals surface area contributed by atoms with Crippen molar-refractivity contribution in [2.24, 2.45) is 0 Å². The first kappa shape index (κ1) is 15.2. The number of halogens is 4. The second-order valence-corrected chi connectivity index (χ2v) is 5.33. The molecule has 0 amide bonds. The Morgan fingerprint density at radius 2 is 2.05 bits per heavy atom. The van der Waals surface area contributed by atoms with E-state index in [4.69, 9.17) is 11.6 Å². The van der Waals surface area contributed by atoms with Gasteiger partial charge in [0.2, 0.25) is 0 Å². The lowest BCUT2D eigenvalue weighted by Gasteiger charge is -2.40. The molecular weight excluding hydrogens is 289 g/mol. The van der Waals surface area contributed by atoms with Crippen molar-refractivity contribution in [3.63, 3.8) is 0 Å². The number of likely N-dealkylation sites (N-methyl/N-ethyl adjacent to an activating group) is 1. The van der Waals surface area contributed by atoms with E-state index in [1.807, 2.05) is 11.9 Å². The van der Waals surface area contributed by atoms with Gasteiger partial charge in [0.25, 0.3) is 0 Å². The summed E-state index contributed by atoms with van der Waals surface area (Å²) in [6.45, 7) is 5.87. The molecule has 0 saturated carbocycles. The standard InChI is InChI=1S/C14H16ClF3N2/c1-3-11-9-19(2)6-7-20(11)13-8-10(14(16,17)18)4-5-12(13)15/h3-5,8,11H,1,6-7,9H2,2H3/t11-/m1/s1. The summed E-state index contributed by atoms with van der Waals surface area (Å²) in [4.78, 5) is 3.99. The summed E-state index contributed by atoms with van der Waals surface area (Å²) in [6, 6.07) is 3.38. The van der Waals surface area contributed by atoms with E-state index in [2.05, 4.69) is 11.5 Å². The van der Waals surface area contributed by atoms with E-state index in [9.17, 15) is 13.2 Å². The molecule has 2 nitrogen and oxygen atoms in total. The van der Waals surface area contributed by atoms with Gasteiger partial charge in [0.05, 0.1) is 22.3 Å². The summed E-state index contributed by atoms with van der Waals surface area (Å²) in [6.07, 6.45) is -2.62. The van der Waals surface area contributed by atoms with Gasteiger partial charge in [-0.05, 0) is 25.2 Å². The maximum absolute atomic E-state index is 12.8. The quantitative estimate of drug-likeness (QED) is 0.769. The third-order valence-corrected chi connectivity index (χ3v) is 3.80. The molecule has 1 aromatic rings. The smallest absolute Gasteiger partial charge is 0.361 e. The largest absolute Gasteiger partial charge is 0.416 e. The molecule has 1 aliphatic rings. The minimum atomic E-state index is -4.37. The van der Waals surface area contributed by atoms with Crippen LogP contribution in [0.5, 0.6) is 0 Å². The summed E-state index contributed by atoms with van der Waals surface area (Å²) >= 11 is 6.08. The van der Waals surface area contributed by atoms with E-state index < -0.39 is 11.7 Å². The molecule has 0 bridgehead atoms. The molecule has 1 aliphatic heterocycles. The zero-order valence-corrected chi connectivity index (χ0v) is 11.9. The van der Waals surface area contributed by atoms with Gasteiger partial charge in [0, 0.05) is 19.6 Å². The molecule has 110 valence electrons. The van der Waals surface area contributed by atoms with Crippen molar-refractivity contribution in [1.29, 1.82) is 0 Å². The number of hydrogen-bond acceptors (Lipinski definition) is 2. The summed E-state index contributed by atoms with van der Waals surface area (Å²) in [7, 11) is 1.97. The van der Waals surface area contributed by atoms with Gasteiger partial charge in [0.15, 0.2) is 0 Å². The molecule has 1 saturated heterocycles. The summed E-state index contributed by atoms with van der Waals surface area (Å²) in [5.41, 5.74) is -0.266. The lowest BCUT2D eigenvalue weighted by molar-refractivity contribution is -0.137. The Morgan fingerprint density at radius 3 is 2.65 bits per heavy atom. The van der Waals surface area contributed by atoms with Crippen molar-refractivity contribution in [2.45, 2.75) is 12.2 Å². The summed E-state index contributed by atoms with van der Waals surface area (Å²) in [5.74, 6) is 0. The molecule has 1 heterocycles. The Bertz CT molecular complexity index is 502. The first-order valence-corrected chi connectivity index (χ1v) is 6.65. The van der Waals surface area contributed by atoms with E-state index >= 15 is 0 Å². The normalized spacial score (nSPS) is 21.1. The van der Waals surface area contributed by atoms with Crippen molar-refractivity contribution in [1.82, 2.24) is 4.90 Å². The van der Waals surface area contributed by atoms with Crippen molar-refractivity contribution >= 4 is 17.3 Å². The molecule has 6 heteroatoms. The third-order valence-electron chi connectivity index (χ3n) is 3.48. The Labute approximate surface area is 121 Å². The molecule has 1 aromatic carbocycles. The van der Waals surface area contributed by atoms with E-state index in [0.29, 0.717) is 17.3 Å². The molecule has 0 unspecified atom stereocenters. The SMILES string of the molecule is C=C[C@@H]1CN(C)CCN1c1cc(C(F)(F)F)ccc1Cl. The number of benzene rings is 1. The topological polar surface area (TPSA) is 6.48 Å². The predicted molar refractivity (Wildman–Crippen MR) is 75.3 cm³/mol. The van der Waals surface area contributed by atoms with E-state index in [0.717, 1.165) is 25.2 Å². The third kappa shape index (κ3) is 3.10. The average molecular weight is 305 g/mol. The number of piperazine rings is 1. The Hall–Kier alpha value is -1.20. The minimum Gasteiger partial charge on any atom is -0.361 e. The van der Waals surface area contributed by atoms with Gasteiger partial charge in [-0.2, -0.15) is 13.2 Å². The van der Waals surface area contributed by atoms with Gasteiger partial charge >= 0.3 is 6.18 Å². The molecule has 20 heavy (non-hydrogen) atoms. The molecule has 0 aliphatic carbocycles. The van der Waals surface area contributed by atoms with Crippen LogP contribution in [0.3, 0.4) is 0 Å². The molecular formula is C14H16ClF3N2. The highest BCUT2D eigenvalue weighted by Gasteiger charge is 2.32. The summed E-state index contributed by atoms with van der Waals surface area (Å²) in [5, 5.41) is 0.328. The van der Waals surface area contributed by atoms with E-state index in [1.165, 1.54) is 6.07 Å². The predicted octanol–water partition coefficient (Wildman–Crippen LogP) is 3.67. The van der Waals surface area contributed by atoms with Crippen LogP contribution < -0.4 is 4.90 Å². The van der Waals surface area contributed by atoms with Gasteiger partial charge in [-0.25, -0.2) is 0 Å². The lowest BCUT2D eigenvalue weighted by Crippen LogP contribution is -2.51. The number of nitrogens with zero attached hydrogens (tertiary/aromatic N) is 2. The van der Waals surface area contributed by atoms with Crippen LogP contribution in [0.15, 0.2) is 30.9 Å². The van der Waals surface area contributed by atoms with Gasteiger partial charge < -0.3 is 9.80 Å². The Kier molecular flexibility index (Phi) is 4.30. The van der Waals surface area contributed by atoms with Gasteiger partial charge in [-0.15, -0.1) is 6.58 Å². The van der Waals surface area contributed by atoms with Crippen LogP contribution in [0.2, 0.25) is 5.02 Å². The lowest BCUT2D eigenvalue weighted by atomic mass is 10.1. The maximum atomic E-state index is 12.8. The Balaban J connectivity index is 2.38. The van der Waals surface area contributed by atoms with Gasteiger partial charge in [0.1, 0.15) is 0 Å². The fourth-order valence-corrected chi connectivity index (χ4v) is 2.59. The first-order chi connectivity index (χ1) is 9.32. The molecule has 0 aromatic heterocycles. The number of rotatable bonds is 2. The highest BCUT2D eigenvalue weighted by atomic mass is 35.5. The molecule has 0 spiro atoms. The monoisotopic (exact) mass is 304 g/mol. The van der Waals surface area contributed by atoms with Crippen LogP contribution in [-0.2, 0) is 6.18 Å². The second kappa shape index (κ2) is 5.66. The fraction of sp³-hybridized carbons (Fsp3) is 0.429. The van der Waals surface area contributed by atoms with Crippen molar-refractivity contribution in [2.75, 3.05) is 31.6 Å². The maximum Gasteiger partial charge on any atom is 0.416 e. The van der Waals surface area contributed by atoms with E-state index in [-0.39, 0.29) is 6.04 Å². The Morgan fingerprint density at radius 1 is 1.35 bits per heavy atom. The second-order valence-electron chi connectivity index (χ2n) is 4.92. The van der Waals surface area contributed by atoms with Crippen molar-refractivity contribution < 1.29 is 13.2 Å². The number of alkyl halides is 3. The van der Waals surface area contributed by atoms with Crippen LogP contribution in [0.1, 0.15) is 5.56 Å². The minimum absolute atomic E-state index is 0.0465. The van der Waals surface area contributed by atoms with E-state index in [1.54, 1.807) is 6.08 Å². The van der Waals surface area contributed by atoms with Crippen molar-refractivity contribution in [3.8, 4) is 0 Å². The van der Waals surface area contributed by atoms with Crippen LogP contribution in [-0.4, -0.2) is 37.6 Å². The van der Waals surface area contributed by atoms with Crippen LogP contribution in [0.4, 0.5) is 18.9 Å². The first-order valence-electron chi connectivity index (χ1n) is 6.27. The number of hydrogen-bond donors (Lipinski definition) is 0. The van der Waals surface area contributed by atoms with Crippen LogP contribution >= 0.6 is 11.6 Å². The van der Waals surface area contributed by atoms with Crippen LogP contribution in [0, 0.1) is 0 Å². The van der Waals surface area contributed by atoms with Crippen molar-refractivity contribution in [3.05, 3.63) is 41.4 Å². The molecule has 2 rings (SSSR count). The molecule has 0 N–H and O–H groups in total. The van der Waals surface area contributed by atoms with Crippen LogP contribution in [0.25, 0.3) is 0 Å². The zero-order chi connectivity index (χ0) is 14.9. The highest BCUT2D eigenvalue weighted by Crippen LogP contribution is 2.36. The molecule has 1 fully saturated rings. The van der Waals surface area contributed by atoms with Gasteiger partial charge in [-0.3, -0.25) is 0 Å². The number of anilines is 1. The highest BCUT2D eigenvalue weighted by molar-refractivity contribution is 6.33. The molecule has 1 atom stereocenters. The molecule has 0 radical (unpaired) electrons.